The fourth-order valence-electron chi connectivity index (χ4n) is 6.19. The summed E-state index contributed by atoms with van der Waals surface area (Å²) in [5, 5.41) is 2.35. The van der Waals surface area contributed by atoms with Gasteiger partial charge in [0.15, 0.2) is 0 Å². The maximum absolute atomic E-state index is 14.2. The highest BCUT2D eigenvalue weighted by Crippen LogP contribution is 2.33. The molecule has 206 valence electrons. The minimum atomic E-state index is -0.642. The van der Waals surface area contributed by atoms with Crippen molar-refractivity contribution in [2.75, 3.05) is 26.2 Å². The number of piperidine rings is 1. The molecule has 3 aliphatic heterocycles. The van der Waals surface area contributed by atoms with Crippen molar-refractivity contribution in [3.63, 3.8) is 0 Å². The Morgan fingerprint density at radius 2 is 1.50 bits per heavy atom. The van der Waals surface area contributed by atoms with Crippen LogP contribution in [0.25, 0.3) is 0 Å². The van der Waals surface area contributed by atoms with Gasteiger partial charge in [0.2, 0.25) is 11.8 Å². The number of imide groups is 1. The smallest absolute Gasteiger partial charge is 0.255 e. The lowest BCUT2D eigenvalue weighted by molar-refractivity contribution is -0.136. The van der Waals surface area contributed by atoms with Crippen LogP contribution in [0.1, 0.15) is 51.5 Å². The summed E-state index contributed by atoms with van der Waals surface area (Å²) in [6.07, 6.45) is 0.555. The van der Waals surface area contributed by atoms with Gasteiger partial charge in [0.1, 0.15) is 17.7 Å². The van der Waals surface area contributed by atoms with Gasteiger partial charge in [-0.1, -0.05) is 36.4 Å². The van der Waals surface area contributed by atoms with Crippen molar-refractivity contribution >= 4 is 17.7 Å². The van der Waals surface area contributed by atoms with Gasteiger partial charge in [0.25, 0.3) is 5.91 Å². The summed E-state index contributed by atoms with van der Waals surface area (Å²) in [6, 6.07) is 17.8. The minimum Gasteiger partial charge on any atom is -0.322 e. The number of carbonyl (C=O) groups excluding carboxylic acids is 3. The Bertz CT molecular complexity index is 1420. The van der Waals surface area contributed by atoms with Crippen molar-refractivity contribution in [1.29, 1.82) is 0 Å². The number of amides is 3. The number of fused-ring (bicyclic) bond motifs is 1. The molecule has 2 saturated heterocycles. The van der Waals surface area contributed by atoms with Gasteiger partial charge in [0.05, 0.1) is 6.04 Å². The average Bonchev–Trinajstić information content (AvgIpc) is 3.27. The molecule has 2 fully saturated rings. The number of hydrogen-bond donors (Lipinski definition) is 1. The normalized spacial score (nSPS) is 20.2. The van der Waals surface area contributed by atoms with Crippen LogP contribution in [-0.4, -0.2) is 64.6 Å². The van der Waals surface area contributed by atoms with Crippen LogP contribution in [0.3, 0.4) is 0 Å². The second-order valence-electron chi connectivity index (χ2n) is 10.7. The molecule has 3 amide bonds. The number of benzene rings is 3. The molecule has 0 aliphatic carbocycles. The zero-order valence-corrected chi connectivity index (χ0v) is 22.0. The van der Waals surface area contributed by atoms with Crippen molar-refractivity contribution in [1.82, 2.24) is 20.0 Å². The molecular weight excluding hydrogens is 514 g/mol. The Labute approximate surface area is 231 Å². The highest BCUT2D eigenvalue weighted by Gasteiger charge is 2.40. The number of halogens is 2. The molecule has 3 heterocycles. The van der Waals surface area contributed by atoms with E-state index in [9.17, 15) is 23.2 Å². The van der Waals surface area contributed by atoms with Gasteiger partial charge in [-0.2, -0.15) is 0 Å². The molecule has 7 nitrogen and oxygen atoms in total. The Morgan fingerprint density at radius 3 is 2.12 bits per heavy atom. The van der Waals surface area contributed by atoms with E-state index in [4.69, 9.17) is 0 Å². The standard InChI is InChI=1S/C31H30F2N4O3/c32-23-7-1-4-20(16-23)29(21-5-2-8-24(33)17-21)36-14-12-35(13-15-36)18-22-6-3-9-25-26(22)19-37(31(25)40)27-10-11-28(38)34-30(27)39/h1-9,16-17,27,29H,10-15,18-19H2,(H,34,38,39). The van der Waals surface area contributed by atoms with Gasteiger partial charge in [-0.25, -0.2) is 8.78 Å². The number of hydrogen-bond acceptors (Lipinski definition) is 5. The van der Waals surface area contributed by atoms with Crippen LogP contribution in [0.4, 0.5) is 8.78 Å². The van der Waals surface area contributed by atoms with Crippen LogP contribution < -0.4 is 5.32 Å². The summed E-state index contributed by atoms with van der Waals surface area (Å²) in [5.74, 6) is -1.54. The lowest BCUT2D eigenvalue weighted by Gasteiger charge is -2.40. The quantitative estimate of drug-likeness (QED) is 0.480. The first kappa shape index (κ1) is 26.3. The number of nitrogens with zero attached hydrogens (tertiary/aromatic N) is 3. The van der Waals surface area contributed by atoms with E-state index in [1.54, 1.807) is 23.1 Å². The van der Waals surface area contributed by atoms with Crippen LogP contribution in [0.15, 0.2) is 66.7 Å². The van der Waals surface area contributed by atoms with Crippen molar-refractivity contribution in [2.45, 2.75) is 38.0 Å². The van der Waals surface area contributed by atoms with Crippen LogP contribution in [0, 0.1) is 11.6 Å². The largest absolute Gasteiger partial charge is 0.322 e. The number of carbonyl (C=O) groups is 3. The molecule has 1 N–H and O–H groups in total. The fourth-order valence-corrected chi connectivity index (χ4v) is 6.19. The van der Waals surface area contributed by atoms with Crippen LogP contribution in [-0.2, 0) is 22.7 Å². The van der Waals surface area contributed by atoms with E-state index < -0.39 is 11.9 Å². The summed E-state index contributed by atoms with van der Waals surface area (Å²) in [5.41, 5.74) is 4.15. The first-order chi connectivity index (χ1) is 19.4. The summed E-state index contributed by atoms with van der Waals surface area (Å²) in [4.78, 5) is 43.4. The lowest BCUT2D eigenvalue weighted by atomic mass is 9.96. The predicted molar refractivity (Wildman–Crippen MR) is 144 cm³/mol. The van der Waals surface area contributed by atoms with Gasteiger partial charge in [0, 0.05) is 51.3 Å². The van der Waals surface area contributed by atoms with Gasteiger partial charge < -0.3 is 4.90 Å². The first-order valence-corrected chi connectivity index (χ1v) is 13.6. The summed E-state index contributed by atoms with van der Waals surface area (Å²) in [7, 11) is 0. The minimum absolute atomic E-state index is 0.177. The van der Waals surface area contributed by atoms with E-state index in [1.165, 1.54) is 24.3 Å². The van der Waals surface area contributed by atoms with Crippen molar-refractivity contribution < 1.29 is 23.2 Å². The monoisotopic (exact) mass is 544 g/mol. The van der Waals surface area contributed by atoms with Gasteiger partial charge in [-0.15, -0.1) is 0 Å². The van der Waals surface area contributed by atoms with E-state index in [2.05, 4.69) is 15.1 Å². The molecule has 0 radical (unpaired) electrons. The molecular formula is C31H30F2N4O3. The Morgan fingerprint density at radius 1 is 0.850 bits per heavy atom. The highest BCUT2D eigenvalue weighted by molar-refractivity contribution is 6.05. The maximum atomic E-state index is 14.2. The molecule has 3 aromatic carbocycles. The molecule has 3 aliphatic rings. The van der Waals surface area contributed by atoms with Crippen LogP contribution in [0.5, 0.6) is 0 Å². The lowest BCUT2D eigenvalue weighted by Crippen LogP contribution is -2.52. The van der Waals surface area contributed by atoms with E-state index >= 15 is 0 Å². The first-order valence-electron chi connectivity index (χ1n) is 13.6. The summed E-state index contributed by atoms with van der Waals surface area (Å²) in [6.45, 7) is 3.89. The second kappa shape index (κ2) is 10.9. The van der Waals surface area contributed by atoms with Crippen molar-refractivity contribution in [3.05, 3.63) is 106 Å². The van der Waals surface area contributed by atoms with Gasteiger partial charge in [-0.3, -0.25) is 29.5 Å². The van der Waals surface area contributed by atoms with E-state index in [0.29, 0.717) is 38.2 Å². The van der Waals surface area contributed by atoms with E-state index in [1.807, 2.05) is 24.3 Å². The van der Waals surface area contributed by atoms with E-state index in [-0.39, 0.29) is 35.9 Å². The van der Waals surface area contributed by atoms with E-state index in [0.717, 1.165) is 35.3 Å². The molecule has 0 aromatic heterocycles. The number of piperazine rings is 1. The molecule has 6 rings (SSSR count). The molecule has 40 heavy (non-hydrogen) atoms. The Kier molecular flexibility index (Phi) is 7.16. The van der Waals surface area contributed by atoms with Crippen molar-refractivity contribution in [3.8, 4) is 0 Å². The molecule has 1 atom stereocenters. The zero-order chi connectivity index (χ0) is 27.8. The third-order valence-corrected chi connectivity index (χ3v) is 8.17. The molecule has 1 unspecified atom stereocenters. The molecule has 9 heteroatoms. The molecule has 0 saturated carbocycles. The average molecular weight is 545 g/mol. The number of rotatable bonds is 6. The van der Waals surface area contributed by atoms with Crippen LogP contribution in [0.2, 0.25) is 0 Å². The second-order valence-corrected chi connectivity index (χ2v) is 10.7. The summed E-state index contributed by atoms with van der Waals surface area (Å²) < 4.78 is 28.3. The third kappa shape index (κ3) is 5.14. The molecule has 0 bridgehead atoms. The summed E-state index contributed by atoms with van der Waals surface area (Å²) >= 11 is 0. The van der Waals surface area contributed by atoms with Gasteiger partial charge >= 0.3 is 0 Å². The maximum Gasteiger partial charge on any atom is 0.255 e. The molecule has 0 spiro atoms. The SMILES string of the molecule is O=C1CCC(N2Cc3c(CN4CCN(C(c5cccc(F)c5)c5cccc(F)c5)CC4)cccc3C2=O)C(=O)N1. The topological polar surface area (TPSA) is 73.0 Å². The van der Waals surface area contributed by atoms with Crippen LogP contribution >= 0.6 is 0 Å². The fraction of sp³-hybridized carbons (Fsp3) is 0.323. The predicted octanol–water partition coefficient (Wildman–Crippen LogP) is 3.63. The van der Waals surface area contributed by atoms with Crippen molar-refractivity contribution in [2.24, 2.45) is 0 Å². The zero-order valence-electron chi connectivity index (χ0n) is 22.0. The van der Waals surface area contributed by atoms with Gasteiger partial charge in [-0.05, 0) is 59.0 Å². The highest BCUT2D eigenvalue weighted by atomic mass is 19.1. The Balaban J connectivity index is 1.16. The molecule has 3 aromatic rings. The Hall–Kier alpha value is -3.95. The number of nitrogens with one attached hydrogen (secondary N) is 1. The third-order valence-electron chi connectivity index (χ3n) is 8.17.